The molecule has 84 valence electrons. The standard InChI is InChI=1S/C11H17NO3/c1-8(13)12-6-5-11(3-2-4-11)7-9(12)10(14)15/h9H,2-7H2,1H3,(H,14,15). The number of aliphatic carboxylic acids is 1. The van der Waals surface area contributed by atoms with Crippen molar-refractivity contribution in [3.63, 3.8) is 0 Å². The van der Waals surface area contributed by atoms with E-state index in [1.54, 1.807) is 0 Å². The van der Waals surface area contributed by atoms with Gasteiger partial charge in [-0.15, -0.1) is 0 Å². The van der Waals surface area contributed by atoms with Gasteiger partial charge in [-0.05, 0) is 31.1 Å². The van der Waals surface area contributed by atoms with Crippen molar-refractivity contribution in [2.75, 3.05) is 6.54 Å². The third-order valence-electron chi connectivity index (χ3n) is 3.99. The third kappa shape index (κ3) is 1.73. The van der Waals surface area contributed by atoms with Crippen molar-refractivity contribution in [1.29, 1.82) is 0 Å². The summed E-state index contributed by atoms with van der Waals surface area (Å²) < 4.78 is 0. The SMILES string of the molecule is CC(=O)N1CCC2(CCC2)CC1C(=O)O. The van der Waals surface area contributed by atoms with E-state index in [2.05, 4.69) is 0 Å². The molecule has 1 atom stereocenters. The van der Waals surface area contributed by atoms with Crippen molar-refractivity contribution < 1.29 is 14.7 Å². The lowest BCUT2D eigenvalue weighted by Crippen LogP contribution is -2.54. The second-order valence-corrected chi connectivity index (χ2v) is 4.87. The van der Waals surface area contributed by atoms with Gasteiger partial charge in [0.1, 0.15) is 6.04 Å². The van der Waals surface area contributed by atoms with Crippen LogP contribution in [0.25, 0.3) is 0 Å². The Bertz CT molecular complexity index is 296. The van der Waals surface area contributed by atoms with E-state index in [4.69, 9.17) is 5.11 Å². The van der Waals surface area contributed by atoms with Crippen LogP contribution in [-0.2, 0) is 9.59 Å². The van der Waals surface area contributed by atoms with Crippen LogP contribution in [-0.4, -0.2) is 34.5 Å². The fourth-order valence-corrected chi connectivity index (χ4v) is 2.86. The minimum Gasteiger partial charge on any atom is -0.480 e. The molecule has 1 amide bonds. The number of hydrogen-bond acceptors (Lipinski definition) is 2. The maximum Gasteiger partial charge on any atom is 0.326 e. The average Bonchev–Trinajstić information content (AvgIpc) is 2.14. The lowest BCUT2D eigenvalue weighted by atomic mass is 9.61. The number of hydrogen-bond donors (Lipinski definition) is 1. The quantitative estimate of drug-likeness (QED) is 0.710. The minimum absolute atomic E-state index is 0.114. The summed E-state index contributed by atoms with van der Waals surface area (Å²) in [6.07, 6.45) is 5.13. The van der Waals surface area contributed by atoms with E-state index in [1.165, 1.54) is 18.2 Å². The number of carboxylic acid groups (broad SMARTS) is 1. The van der Waals surface area contributed by atoms with Gasteiger partial charge in [-0.1, -0.05) is 6.42 Å². The Morgan fingerprint density at radius 1 is 1.33 bits per heavy atom. The van der Waals surface area contributed by atoms with Crippen LogP contribution >= 0.6 is 0 Å². The molecule has 1 aliphatic heterocycles. The summed E-state index contributed by atoms with van der Waals surface area (Å²) in [4.78, 5) is 23.9. The van der Waals surface area contributed by atoms with E-state index in [0.717, 1.165) is 19.3 Å². The predicted octanol–water partition coefficient (Wildman–Crippen LogP) is 1.25. The summed E-state index contributed by atoms with van der Waals surface area (Å²) >= 11 is 0. The second kappa shape index (κ2) is 3.51. The first-order valence-corrected chi connectivity index (χ1v) is 5.54. The molecule has 0 bridgehead atoms. The Kier molecular flexibility index (Phi) is 2.44. The highest BCUT2D eigenvalue weighted by Gasteiger charge is 2.46. The zero-order chi connectivity index (χ0) is 11.1. The van der Waals surface area contributed by atoms with Crippen LogP contribution in [0, 0.1) is 5.41 Å². The Morgan fingerprint density at radius 3 is 2.40 bits per heavy atom. The third-order valence-corrected chi connectivity index (χ3v) is 3.99. The van der Waals surface area contributed by atoms with E-state index in [-0.39, 0.29) is 11.3 Å². The molecule has 1 unspecified atom stereocenters. The van der Waals surface area contributed by atoms with Crippen molar-refractivity contribution in [3.8, 4) is 0 Å². The first-order chi connectivity index (χ1) is 7.04. The molecule has 0 radical (unpaired) electrons. The molecule has 1 saturated carbocycles. The molecule has 1 N–H and O–H groups in total. The van der Waals surface area contributed by atoms with Gasteiger partial charge in [0.2, 0.25) is 5.91 Å². The second-order valence-electron chi connectivity index (χ2n) is 4.87. The van der Waals surface area contributed by atoms with Gasteiger partial charge in [-0.25, -0.2) is 4.79 Å². The predicted molar refractivity (Wildman–Crippen MR) is 54.3 cm³/mol. The molecule has 4 nitrogen and oxygen atoms in total. The van der Waals surface area contributed by atoms with Crippen LogP contribution in [0.3, 0.4) is 0 Å². The summed E-state index contributed by atoms with van der Waals surface area (Å²) in [5.74, 6) is -0.965. The van der Waals surface area contributed by atoms with Gasteiger partial charge in [0, 0.05) is 13.5 Å². The van der Waals surface area contributed by atoms with E-state index in [1.807, 2.05) is 0 Å². The number of carbonyl (C=O) groups is 2. The van der Waals surface area contributed by atoms with Crippen molar-refractivity contribution in [2.24, 2.45) is 5.41 Å². The number of likely N-dealkylation sites (tertiary alicyclic amines) is 1. The maximum atomic E-state index is 11.3. The molecule has 1 heterocycles. The van der Waals surface area contributed by atoms with Crippen molar-refractivity contribution in [3.05, 3.63) is 0 Å². The molecular formula is C11H17NO3. The van der Waals surface area contributed by atoms with Gasteiger partial charge >= 0.3 is 5.97 Å². The van der Waals surface area contributed by atoms with Gasteiger partial charge in [-0.2, -0.15) is 0 Å². The number of carboxylic acids is 1. The minimum atomic E-state index is -0.851. The summed E-state index contributed by atoms with van der Waals surface area (Å²) in [6, 6.07) is -0.587. The van der Waals surface area contributed by atoms with Crippen molar-refractivity contribution >= 4 is 11.9 Å². The van der Waals surface area contributed by atoms with Crippen LogP contribution < -0.4 is 0 Å². The molecule has 0 aromatic rings. The molecule has 0 aromatic carbocycles. The monoisotopic (exact) mass is 211 g/mol. The van der Waals surface area contributed by atoms with Crippen LogP contribution in [0.1, 0.15) is 39.0 Å². The Hall–Kier alpha value is -1.06. The smallest absolute Gasteiger partial charge is 0.326 e. The number of carbonyl (C=O) groups excluding carboxylic acids is 1. The molecule has 2 rings (SSSR count). The van der Waals surface area contributed by atoms with Crippen molar-refractivity contribution in [2.45, 2.75) is 45.1 Å². The molecule has 1 spiro atoms. The van der Waals surface area contributed by atoms with E-state index < -0.39 is 12.0 Å². The molecule has 2 fully saturated rings. The lowest BCUT2D eigenvalue weighted by molar-refractivity contribution is -0.156. The van der Waals surface area contributed by atoms with E-state index in [0.29, 0.717) is 13.0 Å². The molecular weight excluding hydrogens is 194 g/mol. The van der Waals surface area contributed by atoms with Crippen LogP contribution in [0.5, 0.6) is 0 Å². The zero-order valence-electron chi connectivity index (χ0n) is 9.03. The zero-order valence-corrected chi connectivity index (χ0v) is 9.03. The highest BCUT2D eigenvalue weighted by Crippen LogP contribution is 2.50. The van der Waals surface area contributed by atoms with Gasteiger partial charge < -0.3 is 10.0 Å². The number of rotatable bonds is 1. The fourth-order valence-electron chi connectivity index (χ4n) is 2.86. The topological polar surface area (TPSA) is 57.6 Å². The van der Waals surface area contributed by atoms with Gasteiger partial charge in [-0.3, -0.25) is 4.79 Å². The molecule has 1 aliphatic carbocycles. The summed E-state index contributed by atoms with van der Waals surface area (Å²) in [6.45, 7) is 2.07. The van der Waals surface area contributed by atoms with Gasteiger partial charge in [0.05, 0.1) is 0 Å². The highest BCUT2D eigenvalue weighted by molar-refractivity contribution is 5.82. The van der Waals surface area contributed by atoms with E-state index in [9.17, 15) is 9.59 Å². The highest BCUT2D eigenvalue weighted by atomic mass is 16.4. The Labute approximate surface area is 89.3 Å². The lowest BCUT2D eigenvalue weighted by Gasteiger charge is -2.50. The summed E-state index contributed by atoms with van der Waals surface area (Å²) in [5, 5.41) is 9.12. The fraction of sp³-hybridized carbons (Fsp3) is 0.818. The number of amides is 1. The van der Waals surface area contributed by atoms with E-state index >= 15 is 0 Å². The van der Waals surface area contributed by atoms with Crippen LogP contribution in [0.2, 0.25) is 0 Å². The molecule has 1 saturated heterocycles. The Balaban J connectivity index is 2.11. The molecule has 2 aliphatic rings. The molecule has 15 heavy (non-hydrogen) atoms. The molecule has 0 aromatic heterocycles. The van der Waals surface area contributed by atoms with Crippen LogP contribution in [0.4, 0.5) is 0 Å². The number of nitrogens with zero attached hydrogens (tertiary/aromatic N) is 1. The number of piperidine rings is 1. The maximum absolute atomic E-state index is 11.3. The summed E-state index contributed by atoms with van der Waals surface area (Å²) in [7, 11) is 0. The normalized spacial score (nSPS) is 28.6. The first kappa shape index (κ1) is 10.5. The van der Waals surface area contributed by atoms with Gasteiger partial charge in [0.15, 0.2) is 0 Å². The first-order valence-electron chi connectivity index (χ1n) is 5.54. The summed E-state index contributed by atoms with van der Waals surface area (Å²) in [5.41, 5.74) is 0.245. The van der Waals surface area contributed by atoms with Crippen LogP contribution in [0.15, 0.2) is 0 Å². The van der Waals surface area contributed by atoms with Gasteiger partial charge in [0.25, 0.3) is 0 Å². The molecule has 4 heteroatoms. The van der Waals surface area contributed by atoms with Crippen molar-refractivity contribution in [1.82, 2.24) is 4.90 Å². The Morgan fingerprint density at radius 2 is 2.00 bits per heavy atom. The average molecular weight is 211 g/mol. The largest absolute Gasteiger partial charge is 0.480 e.